The van der Waals surface area contributed by atoms with E-state index in [0.29, 0.717) is 11.3 Å². The van der Waals surface area contributed by atoms with Gasteiger partial charge in [-0.15, -0.1) is 5.10 Å². The van der Waals surface area contributed by atoms with E-state index < -0.39 is 17.9 Å². The Hall–Kier alpha value is -2.70. The minimum Gasteiger partial charge on any atom is -0.481 e. The predicted octanol–water partition coefficient (Wildman–Crippen LogP) is 1.11. The molecule has 1 aromatic carbocycles. The molecular formula is C14H16N4O3. The highest BCUT2D eigenvalue weighted by Crippen LogP contribution is 2.10. The highest BCUT2D eigenvalue weighted by molar-refractivity contribution is 5.95. The quantitative estimate of drug-likeness (QED) is 0.859. The van der Waals surface area contributed by atoms with Crippen LogP contribution in [0.2, 0.25) is 0 Å². The molecule has 7 heteroatoms. The zero-order chi connectivity index (χ0) is 15.4. The number of carbonyl (C=O) groups excluding carboxylic acids is 1. The molecule has 0 bridgehead atoms. The molecule has 1 amide bonds. The smallest absolute Gasteiger partial charge is 0.308 e. The molecule has 1 aromatic heterocycles. The molecule has 2 rings (SSSR count). The number of aromatic nitrogens is 3. The molecule has 0 fully saturated rings. The molecule has 0 aliphatic carbocycles. The second kappa shape index (κ2) is 6.17. The summed E-state index contributed by atoms with van der Waals surface area (Å²) in [7, 11) is 0. The molecule has 0 saturated heterocycles. The van der Waals surface area contributed by atoms with Gasteiger partial charge in [0.15, 0.2) is 0 Å². The second-order valence-electron chi connectivity index (χ2n) is 4.79. The highest BCUT2D eigenvalue weighted by Gasteiger charge is 2.21. The van der Waals surface area contributed by atoms with E-state index in [1.165, 1.54) is 0 Å². The lowest BCUT2D eigenvalue weighted by atomic mass is 10.0. The first-order valence-electron chi connectivity index (χ1n) is 6.49. The Morgan fingerprint density at radius 1 is 1.33 bits per heavy atom. The van der Waals surface area contributed by atoms with Crippen LogP contribution in [0.3, 0.4) is 0 Å². The average Bonchev–Trinajstić information content (AvgIpc) is 3.00. The Bertz CT molecular complexity index is 639. The van der Waals surface area contributed by atoms with Crippen LogP contribution in [0.4, 0.5) is 0 Å². The summed E-state index contributed by atoms with van der Waals surface area (Å²) in [5.41, 5.74) is 1.14. The number of rotatable bonds is 5. The van der Waals surface area contributed by atoms with E-state index in [4.69, 9.17) is 5.11 Å². The van der Waals surface area contributed by atoms with E-state index in [0.717, 1.165) is 0 Å². The van der Waals surface area contributed by atoms with Crippen LogP contribution < -0.4 is 5.32 Å². The maximum atomic E-state index is 12.2. The van der Waals surface area contributed by atoms with E-state index in [9.17, 15) is 9.59 Å². The van der Waals surface area contributed by atoms with Crippen LogP contribution >= 0.6 is 0 Å². The van der Waals surface area contributed by atoms with Gasteiger partial charge in [-0.3, -0.25) is 9.59 Å². The van der Waals surface area contributed by atoms with Crippen molar-refractivity contribution in [2.24, 2.45) is 5.92 Å². The summed E-state index contributed by atoms with van der Waals surface area (Å²) in [6.07, 6.45) is 3.22. The van der Waals surface area contributed by atoms with Gasteiger partial charge in [0, 0.05) is 11.6 Å². The lowest BCUT2D eigenvalue weighted by molar-refractivity contribution is -0.141. The van der Waals surface area contributed by atoms with Crippen LogP contribution in [0.5, 0.6) is 0 Å². The van der Waals surface area contributed by atoms with Crippen molar-refractivity contribution in [1.82, 2.24) is 20.3 Å². The molecular weight excluding hydrogens is 272 g/mol. The molecule has 0 spiro atoms. The fraction of sp³-hybridized carbons (Fsp3) is 0.286. The SMILES string of the molecule is CC(NC(=O)c1cccc(-n2ccnn2)c1)C(C)C(=O)O. The molecule has 21 heavy (non-hydrogen) atoms. The van der Waals surface area contributed by atoms with Crippen LogP contribution in [0, 0.1) is 5.92 Å². The lowest BCUT2D eigenvalue weighted by Gasteiger charge is -2.17. The number of hydrogen-bond acceptors (Lipinski definition) is 4. The van der Waals surface area contributed by atoms with Crippen molar-refractivity contribution in [3.63, 3.8) is 0 Å². The Balaban J connectivity index is 2.13. The van der Waals surface area contributed by atoms with Crippen LogP contribution in [0.25, 0.3) is 5.69 Å². The summed E-state index contributed by atoms with van der Waals surface area (Å²) < 4.78 is 1.54. The van der Waals surface area contributed by atoms with Gasteiger partial charge in [-0.1, -0.05) is 11.3 Å². The molecule has 110 valence electrons. The number of carboxylic acids is 1. The van der Waals surface area contributed by atoms with E-state index in [-0.39, 0.29) is 5.91 Å². The van der Waals surface area contributed by atoms with E-state index in [1.54, 1.807) is 55.2 Å². The monoisotopic (exact) mass is 288 g/mol. The number of benzene rings is 1. The van der Waals surface area contributed by atoms with Crippen LogP contribution in [-0.4, -0.2) is 38.0 Å². The fourth-order valence-electron chi connectivity index (χ4n) is 1.76. The topological polar surface area (TPSA) is 97.1 Å². The third-order valence-corrected chi connectivity index (χ3v) is 3.29. The normalized spacial score (nSPS) is 13.4. The number of nitrogens with one attached hydrogen (secondary N) is 1. The van der Waals surface area contributed by atoms with Crippen LogP contribution in [0.1, 0.15) is 24.2 Å². The van der Waals surface area contributed by atoms with E-state index in [2.05, 4.69) is 15.6 Å². The molecule has 2 atom stereocenters. The first-order chi connectivity index (χ1) is 9.99. The number of hydrogen-bond donors (Lipinski definition) is 2. The Morgan fingerprint density at radius 2 is 2.10 bits per heavy atom. The Kier molecular flexibility index (Phi) is 4.32. The lowest BCUT2D eigenvalue weighted by Crippen LogP contribution is -2.40. The average molecular weight is 288 g/mol. The molecule has 1 heterocycles. The molecule has 0 aliphatic rings. The molecule has 0 aliphatic heterocycles. The third kappa shape index (κ3) is 3.44. The number of carbonyl (C=O) groups is 2. The van der Waals surface area contributed by atoms with E-state index in [1.807, 2.05) is 0 Å². The first kappa shape index (κ1) is 14.7. The Morgan fingerprint density at radius 3 is 2.71 bits per heavy atom. The molecule has 2 N–H and O–H groups in total. The maximum absolute atomic E-state index is 12.2. The summed E-state index contributed by atoms with van der Waals surface area (Å²) in [6, 6.07) is 6.40. The summed E-state index contributed by atoms with van der Waals surface area (Å²) in [6.45, 7) is 3.22. The zero-order valence-corrected chi connectivity index (χ0v) is 11.7. The van der Waals surface area contributed by atoms with E-state index >= 15 is 0 Å². The van der Waals surface area contributed by atoms with Gasteiger partial charge >= 0.3 is 5.97 Å². The molecule has 0 saturated carbocycles. The molecule has 0 radical (unpaired) electrons. The van der Waals surface area contributed by atoms with Gasteiger partial charge in [-0.05, 0) is 32.0 Å². The van der Waals surface area contributed by atoms with Crippen molar-refractivity contribution in [3.05, 3.63) is 42.2 Å². The maximum Gasteiger partial charge on any atom is 0.308 e. The van der Waals surface area contributed by atoms with Gasteiger partial charge < -0.3 is 10.4 Å². The summed E-state index contributed by atoms with van der Waals surface area (Å²) in [4.78, 5) is 23.1. The summed E-state index contributed by atoms with van der Waals surface area (Å²) in [5.74, 6) is -1.93. The van der Waals surface area contributed by atoms with Gasteiger partial charge in [0.05, 0.1) is 24.0 Å². The summed E-state index contributed by atoms with van der Waals surface area (Å²) in [5, 5.41) is 19.2. The number of nitrogens with zero attached hydrogens (tertiary/aromatic N) is 3. The first-order valence-corrected chi connectivity index (χ1v) is 6.49. The number of amides is 1. The minimum absolute atomic E-state index is 0.322. The van der Waals surface area contributed by atoms with Crippen molar-refractivity contribution in [2.45, 2.75) is 19.9 Å². The highest BCUT2D eigenvalue weighted by atomic mass is 16.4. The van der Waals surface area contributed by atoms with Crippen molar-refractivity contribution in [2.75, 3.05) is 0 Å². The summed E-state index contributed by atoms with van der Waals surface area (Å²) >= 11 is 0. The second-order valence-corrected chi connectivity index (χ2v) is 4.79. The van der Waals surface area contributed by atoms with Crippen molar-refractivity contribution >= 4 is 11.9 Å². The van der Waals surface area contributed by atoms with Gasteiger partial charge in [0.1, 0.15) is 0 Å². The molecule has 2 unspecified atom stereocenters. The molecule has 2 aromatic rings. The number of aliphatic carboxylic acids is 1. The standard InChI is InChI=1S/C14H16N4O3/c1-9(14(20)21)10(2)16-13(19)11-4-3-5-12(8-11)18-7-6-15-17-18/h3-10H,1-2H3,(H,16,19)(H,20,21). The van der Waals surface area contributed by atoms with Crippen molar-refractivity contribution in [1.29, 1.82) is 0 Å². The number of carboxylic acid groups (broad SMARTS) is 1. The third-order valence-electron chi connectivity index (χ3n) is 3.29. The minimum atomic E-state index is -0.945. The fourth-order valence-corrected chi connectivity index (χ4v) is 1.76. The molecule has 7 nitrogen and oxygen atoms in total. The predicted molar refractivity (Wildman–Crippen MR) is 75.1 cm³/mol. The Labute approximate surface area is 121 Å². The van der Waals surface area contributed by atoms with Gasteiger partial charge in [-0.25, -0.2) is 4.68 Å². The van der Waals surface area contributed by atoms with Crippen LogP contribution in [-0.2, 0) is 4.79 Å². The van der Waals surface area contributed by atoms with Gasteiger partial charge in [-0.2, -0.15) is 0 Å². The van der Waals surface area contributed by atoms with Crippen molar-refractivity contribution in [3.8, 4) is 5.69 Å². The zero-order valence-electron chi connectivity index (χ0n) is 11.7. The van der Waals surface area contributed by atoms with Crippen molar-refractivity contribution < 1.29 is 14.7 Å². The van der Waals surface area contributed by atoms with Gasteiger partial charge in [0.25, 0.3) is 5.91 Å². The van der Waals surface area contributed by atoms with Crippen LogP contribution in [0.15, 0.2) is 36.7 Å². The van der Waals surface area contributed by atoms with Gasteiger partial charge in [0.2, 0.25) is 0 Å². The largest absolute Gasteiger partial charge is 0.481 e.